The van der Waals surface area contributed by atoms with Crippen molar-refractivity contribution in [3.05, 3.63) is 70.7 Å². The van der Waals surface area contributed by atoms with Gasteiger partial charge in [-0.1, -0.05) is 0 Å². The molecule has 2 aromatic heterocycles. The van der Waals surface area contributed by atoms with E-state index in [-0.39, 0.29) is 21.9 Å². The number of hydrogen-bond acceptors (Lipinski definition) is 11. The maximum atomic E-state index is 15.7. The van der Waals surface area contributed by atoms with Gasteiger partial charge < -0.3 is 19.9 Å². The Hall–Kier alpha value is -4.00. The summed E-state index contributed by atoms with van der Waals surface area (Å²) in [6.07, 6.45) is 0. The average Bonchev–Trinajstić information content (AvgIpc) is 3.47. The van der Waals surface area contributed by atoms with Gasteiger partial charge in [0.25, 0.3) is 0 Å². The summed E-state index contributed by atoms with van der Waals surface area (Å²) in [7, 11) is 0.713. The molecule has 50 heavy (non-hydrogen) atoms. The second kappa shape index (κ2) is 14.7. The van der Waals surface area contributed by atoms with Crippen LogP contribution in [0, 0.1) is 36.0 Å². The van der Waals surface area contributed by atoms with Crippen molar-refractivity contribution in [2.75, 3.05) is 70.7 Å². The third-order valence-corrected chi connectivity index (χ3v) is 11.7. The molecule has 3 heterocycles. The summed E-state index contributed by atoms with van der Waals surface area (Å²) < 4.78 is 103. The molecule has 270 valence electrons. The number of anilines is 3. The Bertz CT molecular complexity index is 1960. The summed E-state index contributed by atoms with van der Waals surface area (Å²) >= 11 is 0.808. The van der Waals surface area contributed by atoms with Crippen molar-refractivity contribution in [2.45, 2.75) is 40.5 Å². The predicted octanol–water partition coefficient (Wildman–Crippen LogP) is 5.50. The van der Waals surface area contributed by atoms with Crippen LogP contribution < -0.4 is 15.0 Å². The van der Waals surface area contributed by atoms with E-state index in [4.69, 9.17) is 9.72 Å². The van der Waals surface area contributed by atoms with Gasteiger partial charge in [-0.05, 0) is 64.8 Å². The van der Waals surface area contributed by atoms with Gasteiger partial charge in [-0.25, -0.2) is 40.3 Å². The summed E-state index contributed by atoms with van der Waals surface area (Å²) in [6, 6.07) is 4.61. The molecule has 11 nitrogen and oxygen atoms in total. The van der Waals surface area contributed by atoms with Crippen molar-refractivity contribution in [3.8, 4) is 5.75 Å². The van der Waals surface area contributed by atoms with Crippen LogP contribution in [0.2, 0.25) is 0 Å². The molecule has 2 aromatic carbocycles. The Balaban J connectivity index is 1.48. The van der Waals surface area contributed by atoms with Gasteiger partial charge in [0, 0.05) is 57.1 Å². The standard InChI is InChI=1S/C32H37F5N8O3S2/c1-18-15-24(42-41-18)38-29-28(48-6)30(45-13-11-44(12-14-45)10-9-43(4)5)40-31(39-29)49-23-8-7-19(16-20(23)33)50(46,47)32(2,3)25-26(36)21(34)17-22(35)27(25)37/h7-8,15-17H,9-14H2,1-6H3,(H2,38,39,40,41,42). The number of aromatic amines is 1. The van der Waals surface area contributed by atoms with Gasteiger partial charge in [0.05, 0.1) is 22.5 Å². The van der Waals surface area contributed by atoms with Crippen LogP contribution in [0.25, 0.3) is 0 Å². The van der Waals surface area contributed by atoms with Crippen LogP contribution in [0.4, 0.5) is 39.4 Å². The molecular weight excluding hydrogens is 704 g/mol. The first-order valence-corrected chi connectivity index (χ1v) is 17.8. The lowest BCUT2D eigenvalue weighted by molar-refractivity contribution is 0.228. The van der Waals surface area contributed by atoms with Crippen LogP contribution in [-0.2, 0) is 14.6 Å². The third-order valence-electron chi connectivity index (χ3n) is 8.32. The zero-order valence-corrected chi connectivity index (χ0v) is 29.9. The number of rotatable bonds is 12. The number of sulfone groups is 1. The first-order chi connectivity index (χ1) is 23.5. The molecule has 0 atom stereocenters. The van der Waals surface area contributed by atoms with Crippen LogP contribution in [0.5, 0.6) is 5.75 Å². The minimum absolute atomic E-state index is 0.0155. The van der Waals surface area contributed by atoms with Crippen molar-refractivity contribution in [3.63, 3.8) is 0 Å². The second-order valence-electron chi connectivity index (χ2n) is 12.5. The molecule has 1 fully saturated rings. The number of ether oxygens (including phenoxy) is 1. The summed E-state index contributed by atoms with van der Waals surface area (Å²) in [5.41, 5.74) is -0.545. The second-order valence-corrected chi connectivity index (χ2v) is 16.0. The molecule has 0 aliphatic carbocycles. The molecule has 0 amide bonds. The van der Waals surface area contributed by atoms with E-state index in [2.05, 4.69) is 30.3 Å². The largest absolute Gasteiger partial charge is 0.490 e. The normalized spacial score (nSPS) is 14.4. The number of likely N-dealkylation sites (N-methyl/N-ethyl adjacent to an activating group) is 1. The first-order valence-electron chi connectivity index (χ1n) is 15.5. The molecule has 0 bridgehead atoms. The van der Waals surface area contributed by atoms with Gasteiger partial charge >= 0.3 is 0 Å². The SMILES string of the molecule is COc1c(Nc2cc(C)[nH]n2)nc(Sc2ccc(S(=O)(=O)C(C)(C)c3c(F)c(F)cc(F)c3F)cc2F)nc1N1CCN(CCN(C)C)CC1. The topological polar surface area (TPSA) is 120 Å². The van der Waals surface area contributed by atoms with E-state index >= 15 is 4.39 Å². The molecule has 2 N–H and O–H groups in total. The summed E-state index contributed by atoms with van der Waals surface area (Å²) in [6.45, 7) is 8.19. The van der Waals surface area contributed by atoms with E-state index in [9.17, 15) is 26.0 Å². The van der Waals surface area contributed by atoms with E-state index in [1.807, 2.05) is 25.9 Å². The van der Waals surface area contributed by atoms with Gasteiger partial charge in [-0.15, -0.1) is 0 Å². The van der Waals surface area contributed by atoms with Gasteiger partial charge in [0.2, 0.25) is 5.75 Å². The number of methoxy groups -OCH3 is 1. The zero-order chi connectivity index (χ0) is 36.5. The summed E-state index contributed by atoms with van der Waals surface area (Å²) in [4.78, 5) is 15.1. The van der Waals surface area contributed by atoms with Gasteiger partial charge in [0.1, 0.15) is 10.6 Å². The lowest BCUT2D eigenvalue weighted by atomic mass is 10.0. The smallest absolute Gasteiger partial charge is 0.204 e. The van der Waals surface area contributed by atoms with Crippen molar-refractivity contribution in [1.82, 2.24) is 30.0 Å². The zero-order valence-electron chi connectivity index (χ0n) is 28.2. The number of aryl methyl sites for hydroxylation is 1. The van der Waals surface area contributed by atoms with E-state index in [0.717, 1.165) is 69.6 Å². The summed E-state index contributed by atoms with van der Waals surface area (Å²) in [5, 5.41) is 10.3. The Morgan fingerprint density at radius 3 is 2.20 bits per heavy atom. The molecule has 0 radical (unpaired) electrons. The fraction of sp³-hybridized carbons (Fsp3) is 0.406. The first kappa shape index (κ1) is 37.3. The molecule has 0 saturated carbocycles. The number of nitrogens with zero attached hydrogens (tertiary/aromatic N) is 6. The summed E-state index contributed by atoms with van der Waals surface area (Å²) in [5.74, 6) is -6.74. The minimum atomic E-state index is -4.81. The van der Waals surface area contributed by atoms with Gasteiger partial charge in [0.15, 0.2) is 55.7 Å². The molecule has 1 saturated heterocycles. The van der Waals surface area contributed by atoms with E-state index in [1.54, 1.807) is 6.07 Å². The Morgan fingerprint density at radius 2 is 1.64 bits per heavy atom. The number of nitrogens with one attached hydrogen (secondary N) is 2. The minimum Gasteiger partial charge on any atom is -0.490 e. The number of benzene rings is 2. The van der Waals surface area contributed by atoms with E-state index in [1.165, 1.54) is 7.11 Å². The molecule has 0 spiro atoms. The highest BCUT2D eigenvalue weighted by Crippen LogP contribution is 2.42. The van der Waals surface area contributed by atoms with Crippen LogP contribution in [0.15, 0.2) is 45.3 Å². The monoisotopic (exact) mass is 740 g/mol. The number of aromatic nitrogens is 4. The molecule has 0 unspecified atom stereocenters. The fourth-order valence-corrected chi connectivity index (χ4v) is 7.74. The highest BCUT2D eigenvalue weighted by Gasteiger charge is 2.44. The molecule has 18 heteroatoms. The predicted molar refractivity (Wildman–Crippen MR) is 179 cm³/mol. The number of hydrogen-bond donors (Lipinski definition) is 2. The maximum absolute atomic E-state index is 15.7. The van der Waals surface area contributed by atoms with E-state index in [0.29, 0.717) is 36.5 Å². The highest BCUT2D eigenvalue weighted by molar-refractivity contribution is 7.99. The molecule has 1 aliphatic heterocycles. The number of piperazine rings is 1. The van der Waals surface area contributed by atoms with Crippen molar-refractivity contribution in [1.29, 1.82) is 0 Å². The quantitative estimate of drug-likeness (QED) is 0.109. The van der Waals surface area contributed by atoms with Gasteiger partial charge in [-0.3, -0.25) is 10.00 Å². The highest BCUT2D eigenvalue weighted by atomic mass is 32.2. The average molecular weight is 741 g/mol. The van der Waals surface area contributed by atoms with Crippen LogP contribution in [-0.4, -0.2) is 98.9 Å². The Kier molecular flexibility index (Phi) is 10.9. The third kappa shape index (κ3) is 7.52. The molecule has 4 aromatic rings. The fourth-order valence-electron chi connectivity index (χ4n) is 5.44. The van der Waals surface area contributed by atoms with Crippen LogP contribution in [0.3, 0.4) is 0 Å². The number of halogens is 5. The molecule has 5 rings (SSSR count). The van der Waals surface area contributed by atoms with Crippen LogP contribution >= 0.6 is 11.8 Å². The van der Waals surface area contributed by atoms with Crippen LogP contribution in [0.1, 0.15) is 25.1 Å². The molecule has 1 aliphatic rings. The van der Waals surface area contributed by atoms with Crippen molar-refractivity contribution < 1.29 is 35.1 Å². The lowest BCUT2D eigenvalue weighted by Gasteiger charge is -2.36. The Morgan fingerprint density at radius 1 is 0.980 bits per heavy atom. The van der Waals surface area contributed by atoms with E-state index < -0.39 is 54.1 Å². The van der Waals surface area contributed by atoms with Crippen molar-refractivity contribution >= 4 is 39.1 Å². The Labute approximate surface area is 291 Å². The lowest BCUT2D eigenvalue weighted by Crippen LogP contribution is -2.48. The van der Waals surface area contributed by atoms with Crippen molar-refractivity contribution in [2.24, 2.45) is 0 Å². The maximum Gasteiger partial charge on any atom is 0.204 e. The van der Waals surface area contributed by atoms with Gasteiger partial charge in [-0.2, -0.15) is 5.10 Å². The molecular formula is C32H37F5N8O3S2. The number of H-pyrrole nitrogens is 1.